The highest BCUT2D eigenvalue weighted by Gasteiger charge is 2.21. The predicted octanol–water partition coefficient (Wildman–Crippen LogP) is 4.18. The fourth-order valence-electron chi connectivity index (χ4n) is 2.50. The fraction of sp³-hybridized carbons (Fsp3) is 0.471. The number of hydrogen-bond donors (Lipinski definition) is 1. The lowest BCUT2D eigenvalue weighted by Gasteiger charge is -2.28. The molecule has 1 aromatic carbocycles. The predicted molar refractivity (Wildman–Crippen MR) is 82.2 cm³/mol. The van der Waals surface area contributed by atoms with Gasteiger partial charge in [-0.15, -0.1) is 0 Å². The summed E-state index contributed by atoms with van der Waals surface area (Å²) in [5, 5.41) is 4.85. The van der Waals surface area contributed by atoms with Crippen molar-refractivity contribution in [1.82, 2.24) is 10.3 Å². The third-order valence-electron chi connectivity index (χ3n) is 3.99. The van der Waals surface area contributed by atoms with E-state index in [2.05, 4.69) is 62.3 Å². The van der Waals surface area contributed by atoms with E-state index >= 15 is 0 Å². The van der Waals surface area contributed by atoms with E-state index in [1.54, 1.807) is 0 Å². The molecule has 0 aliphatic rings. The Hall–Kier alpha value is -1.41. The van der Waals surface area contributed by atoms with Gasteiger partial charge < -0.3 is 5.32 Å². The Morgan fingerprint density at radius 3 is 2.63 bits per heavy atom. The van der Waals surface area contributed by atoms with Gasteiger partial charge in [0, 0.05) is 17.6 Å². The number of pyridine rings is 1. The molecule has 0 spiro atoms. The van der Waals surface area contributed by atoms with Crippen LogP contribution in [0.5, 0.6) is 0 Å². The van der Waals surface area contributed by atoms with E-state index in [9.17, 15) is 0 Å². The van der Waals surface area contributed by atoms with Crippen molar-refractivity contribution >= 4 is 10.9 Å². The van der Waals surface area contributed by atoms with Crippen LogP contribution in [0.3, 0.4) is 0 Å². The Bertz CT molecular complexity index is 534. The number of nitrogens with one attached hydrogen (secondary N) is 1. The lowest BCUT2D eigenvalue weighted by atomic mass is 9.85. The quantitative estimate of drug-likeness (QED) is 0.868. The molecule has 0 amide bonds. The number of benzene rings is 1. The van der Waals surface area contributed by atoms with Gasteiger partial charge in [-0.2, -0.15) is 0 Å². The maximum absolute atomic E-state index is 4.39. The second-order valence-electron chi connectivity index (χ2n) is 5.59. The van der Waals surface area contributed by atoms with Crippen LogP contribution in [-0.4, -0.2) is 11.5 Å². The molecule has 102 valence electrons. The first kappa shape index (κ1) is 14.0. The maximum Gasteiger partial charge on any atom is 0.0702 e. The number of nitrogens with zero attached hydrogens (tertiary/aromatic N) is 1. The molecule has 0 bridgehead atoms. The van der Waals surface area contributed by atoms with Crippen molar-refractivity contribution in [2.45, 2.75) is 33.7 Å². The van der Waals surface area contributed by atoms with Gasteiger partial charge in [-0.3, -0.25) is 4.98 Å². The van der Waals surface area contributed by atoms with Crippen LogP contribution >= 0.6 is 0 Å². The summed E-state index contributed by atoms with van der Waals surface area (Å²) in [6.07, 6.45) is 1.85. The smallest absolute Gasteiger partial charge is 0.0702 e. The summed E-state index contributed by atoms with van der Waals surface area (Å²) in [7, 11) is 0. The molecule has 2 nitrogen and oxygen atoms in total. The topological polar surface area (TPSA) is 24.9 Å². The van der Waals surface area contributed by atoms with Crippen molar-refractivity contribution in [1.29, 1.82) is 0 Å². The molecule has 0 aliphatic carbocycles. The Morgan fingerprint density at radius 1 is 1.16 bits per heavy atom. The SMILES string of the molecule is CCNC(c1ccc2ncccc2c1)C(C)C(C)C. The van der Waals surface area contributed by atoms with Crippen LogP contribution in [0.4, 0.5) is 0 Å². The molecule has 0 radical (unpaired) electrons. The highest BCUT2D eigenvalue weighted by molar-refractivity contribution is 5.79. The maximum atomic E-state index is 4.39. The minimum Gasteiger partial charge on any atom is -0.310 e. The molecular formula is C17H24N2. The minimum atomic E-state index is 0.412. The third kappa shape index (κ3) is 3.13. The fourth-order valence-corrected chi connectivity index (χ4v) is 2.50. The lowest BCUT2D eigenvalue weighted by molar-refractivity contribution is 0.307. The highest BCUT2D eigenvalue weighted by Crippen LogP contribution is 2.29. The number of rotatable bonds is 5. The molecule has 2 unspecified atom stereocenters. The lowest BCUT2D eigenvalue weighted by Crippen LogP contribution is -2.29. The molecule has 0 saturated carbocycles. The second-order valence-corrected chi connectivity index (χ2v) is 5.59. The summed E-state index contributed by atoms with van der Waals surface area (Å²) in [5.74, 6) is 1.27. The molecule has 0 fully saturated rings. The van der Waals surface area contributed by atoms with Gasteiger partial charge in [0.25, 0.3) is 0 Å². The Kier molecular flexibility index (Phi) is 4.54. The average molecular weight is 256 g/mol. The molecule has 1 aromatic heterocycles. The van der Waals surface area contributed by atoms with Crippen molar-refractivity contribution < 1.29 is 0 Å². The summed E-state index contributed by atoms with van der Waals surface area (Å²) >= 11 is 0. The molecule has 1 heterocycles. The molecular weight excluding hydrogens is 232 g/mol. The normalized spacial score (nSPS) is 14.8. The van der Waals surface area contributed by atoms with Crippen LogP contribution in [-0.2, 0) is 0 Å². The van der Waals surface area contributed by atoms with Gasteiger partial charge in [-0.1, -0.05) is 39.8 Å². The first-order chi connectivity index (χ1) is 9.13. The second kappa shape index (κ2) is 6.16. The van der Waals surface area contributed by atoms with Crippen LogP contribution in [0.15, 0.2) is 36.5 Å². The first-order valence-corrected chi connectivity index (χ1v) is 7.21. The third-order valence-corrected chi connectivity index (χ3v) is 3.99. The molecule has 1 N–H and O–H groups in total. The van der Waals surface area contributed by atoms with Gasteiger partial charge in [-0.25, -0.2) is 0 Å². The Labute approximate surface area is 116 Å². The van der Waals surface area contributed by atoms with Gasteiger partial charge in [0.2, 0.25) is 0 Å². The summed E-state index contributed by atoms with van der Waals surface area (Å²) in [6.45, 7) is 10.1. The van der Waals surface area contributed by atoms with Crippen LogP contribution in [0.2, 0.25) is 0 Å². The standard InChI is InChI=1S/C17H24N2/c1-5-18-17(13(4)12(2)3)15-8-9-16-14(11-15)7-6-10-19-16/h6-13,17-18H,5H2,1-4H3. The van der Waals surface area contributed by atoms with E-state index in [0.29, 0.717) is 17.9 Å². The van der Waals surface area contributed by atoms with E-state index in [1.165, 1.54) is 10.9 Å². The van der Waals surface area contributed by atoms with Crippen molar-refractivity contribution in [3.63, 3.8) is 0 Å². The van der Waals surface area contributed by atoms with E-state index < -0.39 is 0 Å². The van der Waals surface area contributed by atoms with Gasteiger partial charge in [0.1, 0.15) is 0 Å². The molecule has 2 heteroatoms. The average Bonchev–Trinajstić information content (AvgIpc) is 2.43. The van der Waals surface area contributed by atoms with Crippen molar-refractivity contribution in [3.05, 3.63) is 42.1 Å². The van der Waals surface area contributed by atoms with Gasteiger partial charge in [-0.05, 0) is 42.1 Å². The summed E-state index contributed by atoms with van der Waals surface area (Å²) in [6, 6.07) is 11.2. The van der Waals surface area contributed by atoms with E-state index in [-0.39, 0.29) is 0 Å². The van der Waals surface area contributed by atoms with Crippen LogP contribution in [0.1, 0.15) is 39.3 Å². The van der Waals surface area contributed by atoms with Gasteiger partial charge in [0.15, 0.2) is 0 Å². The van der Waals surface area contributed by atoms with Gasteiger partial charge in [0.05, 0.1) is 5.52 Å². The molecule has 2 atom stereocenters. The molecule has 2 aromatic rings. The molecule has 0 aliphatic heterocycles. The zero-order valence-electron chi connectivity index (χ0n) is 12.4. The summed E-state index contributed by atoms with van der Waals surface area (Å²) in [4.78, 5) is 4.39. The number of hydrogen-bond acceptors (Lipinski definition) is 2. The molecule has 2 rings (SSSR count). The highest BCUT2D eigenvalue weighted by atomic mass is 14.9. The Morgan fingerprint density at radius 2 is 1.95 bits per heavy atom. The zero-order chi connectivity index (χ0) is 13.8. The number of aromatic nitrogens is 1. The van der Waals surface area contributed by atoms with Crippen molar-refractivity contribution in [2.75, 3.05) is 6.54 Å². The largest absolute Gasteiger partial charge is 0.310 e. The van der Waals surface area contributed by atoms with Crippen LogP contribution in [0, 0.1) is 11.8 Å². The summed E-state index contributed by atoms with van der Waals surface area (Å²) in [5.41, 5.74) is 2.43. The number of fused-ring (bicyclic) bond motifs is 1. The molecule has 19 heavy (non-hydrogen) atoms. The zero-order valence-corrected chi connectivity index (χ0v) is 12.4. The van der Waals surface area contributed by atoms with Crippen molar-refractivity contribution in [3.8, 4) is 0 Å². The minimum absolute atomic E-state index is 0.412. The first-order valence-electron chi connectivity index (χ1n) is 7.21. The van der Waals surface area contributed by atoms with Gasteiger partial charge >= 0.3 is 0 Å². The van der Waals surface area contributed by atoms with E-state index in [0.717, 1.165) is 12.1 Å². The molecule has 0 saturated heterocycles. The summed E-state index contributed by atoms with van der Waals surface area (Å²) < 4.78 is 0. The van der Waals surface area contributed by atoms with Crippen LogP contribution < -0.4 is 5.32 Å². The van der Waals surface area contributed by atoms with E-state index in [1.807, 2.05) is 12.3 Å². The Balaban J connectivity index is 2.38. The monoisotopic (exact) mass is 256 g/mol. The van der Waals surface area contributed by atoms with E-state index in [4.69, 9.17) is 0 Å². The van der Waals surface area contributed by atoms with Crippen molar-refractivity contribution in [2.24, 2.45) is 11.8 Å². The van der Waals surface area contributed by atoms with Crippen LogP contribution in [0.25, 0.3) is 10.9 Å².